The number of aryl methyl sites for hydroxylation is 1. The van der Waals surface area contributed by atoms with Crippen molar-refractivity contribution in [2.75, 3.05) is 37.4 Å². The van der Waals surface area contributed by atoms with Crippen LogP contribution < -0.4 is 15.8 Å². The lowest BCUT2D eigenvalue weighted by atomic mass is 10.0. The standard InChI is InChI=1S/C26H29ClN6O5/c1-12-8-14(13(2)28-18-6-7-19(27)29-21(18)24(35)36)20-15(9-12)23(34)32(5)25(30-20)33-10-16-17(11-33)22(16)38-26(37)31(3)4/h6-9,13,16-17,22,28H,10-11H2,1-5H3,(H,35,36)/t13?,16-,17+,22?. The predicted molar refractivity (Wildman–Crippen MR) is 143 cm³/mol. The van der Waals surface area contributed by atoms with Crippen molar-refractivity contribution in [2.24, 2.45) is 18.9 Å². The van der Waals surface area contributed by atoms with Crippen molar-refractivity contribution in [1.82, 2.24) is 19.4 Å². The number of aromatic nitrogens is 3. The minimum absolute atomic E-state index is 0.0822. The molecule has 0 radical (unpaired) electrons. The van der Waals surface area contributed by atoms with E-state index in [0.29, 0.717) is 35.6 Å². The van der Waals surface area contributed by atoms with E-state index in [9.17, 15) is 19.5 Å². The summed E-state index contributed by atoms with van der Waals surface area (Å²) in [6.07, 6.45) is -0.465. The van der Waals surface area contributed by atoms with E-state index < -0.39 is 12.0 Å². The lowest BCUT2D eigenvalue weighted by Gasteiger charge is -2.25. The average Bonchev–Trinajstić information content (AvgIpc) is 3.28. The average molecular weight is 541 g/mol. The number of halogens is 1. The smallest absolute Gasteiger partial charge is 0.409 e. The molecule has 38 heavy (non-hydrogen) atoms. The largest absolute Gasteiger partial charge is 0.476 e. The van der Waals surface area contributed by atoms with Crippen LogP contribution in [0.2, 0.25) is 5.15 Å². The lowest BCUT2D eigenvalue weighted by Crippen LogP contribution is -2.34. The summed E-state index contributed by atoms with van der Waals surface area (Å²) in [6, 6.07) is 6.45. The van der Waals surface area contributed by atoms with Crippen LogP contribution in [-0.4, -0.2) is 69.9 Å². The molecular formula is C26H29ClN6O5. The summed E-state index contributed by atoms with van der Waals surface area (Å²) in [6.45, 7) is 5.05. The van der Waals surface area contributed by atoms with Gasteiger partial charge >= 0.3 is 12.1 Å². The number of anilines is 2. The van der Waals surface area contributed by atoms with E-state index in [2.05, 4.69) is 15.2 Å². The number of amides is 1. The second-order valence-corrected chi connectivity index (χ2v) is 10.6. The maximum absolute atomic E-state index is 13.4. The number of benzene rings is 1. The van der Waals surface area contributed by atoms with Crippen molar-refractivity contribution in [3.05, 3.63) is 56.6 Å². The van der Waals surface area contributed by atoms with E-state index in [1.54, 1.807) is 31.8 Å². The Morgan fingerprint density at radius 1 is 1.21 bits per heavy atom. The first-order valence-electron chi connectivity index (χ1n) is 12.3. The number of carbonyl (C=O) groups is 2. The summed E-state index contributed by atoms with van der Waals surface area (Å²) in [5.41, 5.74) is 2.14. The van der Waals surface area contributed by atoms with Crippen LogP contribution >= 0.6 is 11.6 Å². The first kappa shape index (κ1) is 25.8. The highest BCUT2D eigenvalue weighted by atomic mass is 35.5. The Labute approximate surface area is 224 Å². The van der Waals surface area contributed by atoms with Gasteiger partial charge in [0.1, 0.15) is 11.3 Å². The molecule has 2 unspecified atom stereocenters. The molecule has 1 aliphatic carbocycles. The van der Waals surface area contributed by atoms with E-state index in [0.717, 1.165) is 11.1 Å². The molecule has 2 N–H and O–H groups in total. The predicted octanol–water partition coefficient (Wildman–Crippen LogP) is 3.29. The number of hydrogen-bond donors (Lipinski definition) is 2. The highest BCUT2D eigenvalue weighted by Gasteiger charge is 2.59. The van der Waals surface area contributed by atoms with E-state index in [1.165, 1.54) is 11.0 Å². The maximum atomic E-state index is 13.4. The number of aromatic carboxylic acids is 1. The van der Waals surface area contributed by atoms with Crippen LogP contribution in [0, 0.1) is 18.8 Å². The molecule has 1 aromatic carbocycles. The van der Waals surface area contributed by atoms with Gasteiger partial charge in [0.2, 0.25) is 5.95 Å². The van der Waals surface area contributed by atoms with E-state index in [-0.39, 0.29) is 40.4 Å². The molecule has 12 heteroatoms. The van der Waals surface area contributed by atoms with Gasteiger partial charge in [-0.25, -0.2) is 19.6 Å². The number of carboxylic acids is 1. The normalized spacial score (nSPS) is 20.7. The monoisotopic (exact) mass is 540 g/mol. The SMILES string of the molecule is Cc1cc(C(C)Nc2ccc(Cl)nc2C(=O)O)c2nc(N3C[C@@H]4C(OC(=O)N(C)C)[C@@H]4C3)n(C)c(=O)c2c1. The summed E-state index contributed by atoms with van der Waals surface area (Å²) >= 11 is 5.91. The number of piperidine rings is 1. The summed E-state index contributed by atoms with van der Waals surface area (Å²) in [7, 11) is 5.02. The quantitative estimate of drug-likeness (QED) is 0.452. The van der Waals surface area contributed by atoms with Crippen molar-refractivity contribution in [3.63, 3.8) is 0 Å². The van der Waals surface area contributed by atoms with Crippen LogP contribution in [0.4, 0.5) is 16.4 Å². The van der Waals surface area contributed by atoms with Gasteiger partial charge in [0.15, 0.2) is 5.69 Å². The lowest BCUT2D eigenvalue weighted by molar-refractivity contribution is 0.0691. The molecule has 1 saturated heterocycles. The van der Waals surface area contributed by atoms with Gasteiger partial charge in [0.25, 0.3) is 5.56 Å². The minimum atomic E-state index is -1.20. The molecule has 1 aliphatic heterocycles. The van der Waals surface area contributed by atoms with Crippen molar-refractivity contribution >= 4 is 46.2 Å². The first-order valence-corrected chi connectivity index (χ1v) is 12.6. The number of nitrogens with zero attached hydrogens (tertiary/aromatic N) is 5. The van der Waals surface area contributed by atoms with Crippen molar-refractivity contribution in [2.45, 2.75) is 26.0 Å². The van der Waals surface area contributed by atoms with Gasteiger partial charge in [-0.05, 0) is 37.6 Å². The van der Waals surface area contributed by atoms with Crippen LogP contribution in [0.1, 0.15) is 34.6 Å². The molecule has 2 aliphatic rings. The van der Waals surface area contributed by atoms with Crippen LogP contribution in [0.25, 0.3) is 10.9 Å². The van der Waals surface area contributed by atoms with Gasteiger partial charge < -0.3 is 25.0 Å². The van der Waals surface area contributed by atoms with Crippen molar-refractivity contribution in [3.8, 4) is 0 Å². The fraction of sp³-hybridized carbons (Fsp3) is 0.423. The van der Waals surface area contributed by atoms with E-state index in [1.807, 2.05) is 26.0 Å². The molecule has 0 bridgehead atoms. The summed E-state index contributed by atoms with van der Waals surface area (Å²) in [4.78, 5) is 49.5. The van der Waals surface area contributed by atoms with Gasteiger partial charge in [-0.2, -0.15) is 0 Å². The van der Waals surface area contributed by atoms with Gasteiger partial charge in [-0.1, -0.05) is 17.7 Å². The number of hydrogen-bond acceptors (Lipinski definition) is 8. The molecule has 1 amide bonds. The Kier molecular flexibility index (Phi) is 6.42. The Morgan fingerprint density at radius 2 is 1.89 bits per heavy atom. The third-order valence-corrected chi connectivity index (χ3v) is 7.44. The zero-order valence-corrected chi connectivity index (χ0v) is 22.5. The number of carboxylic acid groups (broad SMARTS) is 1. The fourth-order valence-corrected chi connectivity index (χ4v) is 5.36. The Hall–Kier alpha value is -3.86. The maximum Gasteiger partial charge on any atom is 0.409 e. The molecule has 200 valence electrons. The molecule has 3 heterocycles. The molecule has 0 spiro atoms. The van der Waals surface area contributed by atoms with Crippen LogP contribution in [0.15, 0.2) is 29.1 Å². The second-order valence-electron chi connectivity index (χ2n) is 10.2. The number of fused-ring (bicyclic) bond motifs is 2. The van der Waals surface area contributed by atoms with Crippen molar-refractivity contribution in [1.29, 1.82) is 0 Å². The number of nitrogens with one attached hydrogen (secondary N) is 1. The minimum Gasteiger partial charge on any atom is -0.476 e. The topological polar surface area (TPSA) is 130 Å². The van der Waals surface area contributed by atoms with Gasteiger partial charge in [0, 0.05) is 51.6 Å². The molecule has 3 aromatic rings. The number of pyridine rings is 1. The fourth-order valence-electron chi connectivity index (χ4n) is 5.21. The number of rotatable bonds is 6. The number of ether oxygens (including phenoxy) is 1. The molecule has 1 saturated carbocycles. The third-order valence-electron chi connectivity index (χ3n) is 7.23. The van der Waals surface area contributed by atoms with Gasteiger partial charge in [-0.15, -0.1) is 0 Å². The molecule has 2 aromatic heterocycles. The van der Waals surface area contributed by atoms with Crippen molar-refractivity contribution < 1.29 is 19.4 Å². The molecule has 5 rings (SSSR count). The summed E-state index contributed by atoms with van der Waals surface area (Å²) in [5.74, 6) is -0.246. The highest BCUT2D eigenvalue weighted by Crippen LogP contribution is 2.48. The Balaban J connectivity index is 1.47. The number of carbonyl (C=O) groups excluding carboxylic acids is 1. The van der Waals surface area contributed by atoms with Gasteiger partial charge in [-0.3, -0.25) is 9.36 Å². The third kappa shape index (κ3) is 4.51. The van der Waals surface area contributed by atoms with Crippen LogP contribution in [0.3, 0.4) is 0 Å². The van der Waals surface area contributed by atoms with E-state index >= 15 is 0 Å². The van der Waals surface area contributed by atoms with Gasteiger partial charge in [0.05, 0.1) is 22.6 Å². The molecule has 2 fully saturated rings. The highest BCUT2D eigenvalue weighted by molar-refractivity contribution is 6.29. The molecule has 4 atom stereocenters. The molecular weight excluding hydrogens is 512 g/mol. The first-order chi connectivity index (χ1) is 18.0. The summed E-state index contributed by atoms with van der Waals surface area (Å²) in [5, 5.41) is 13.4. The molecule has 11 nitrogen and oxygen atoms in total. The zero-order valence-electron chi connectivity index (χ0n) is 21.7. The Bertz CT molecular complexity index is 1510. The summed E-state index contributed by atoms with van der Waals surface area (Å²) < 4.78 is 7.12. The Morgan fingerprint density at radius 3 is 2.53 bits per heavy atom. The zero-order chi connectivity index (χ0) is 27.5. The van der Waals surface area contributed by atoms with E-state index in [4.69, 9.17) is 21.3 Å². The second kappa shape index (κ2) is 9.46. The van der Waals surface area contributed by atoms with Crippen LogP contribution in [-0.2, 0) is 11.8 Å². The van der Waals surface area contributed by atoms with Crippen LogP contribution in [0.5, 0.6) is 0 Å².